The molecule has 2 aromatic rings. The summed E-state index contributed by atoms with van der Waals surface area (Å²) in [5, 5.41) is 0. The maximum atomic E-state index is 12.7. The van der Waals surface area contributed by atoms with E-state index in [1.54, 1.807) is 4.90 Å². The maximum Gasteiger partial charge on any atom is 0.260 e. The summed E-state index contributed by atoms with van der Waals surface area (Å²) in [6, 6.07) is 13.5. The molecule has 0 aromatic heterocycles. The van der Waals surface area contributed by atoms with Gasteiger partial charge in [-0.15, -0.1) is 0 Å². The SMILES string of the molecule is Cc1cccc(C(=O)N2CCCN(C(=O)COc3ccc(C)c(C)c3)CC2)c1. The molecule has 0 aliphatic carbocycles. The van der Waals surface area contributed by atoms with Gasteiger partial charge in [-0.3, -0.25) is 9.59 Å². The lowest BCUT2D eigenvalue weighted by atomic mass is 10.1. The predicted octanol–water partition coefficient (Wildman–Crippen LogP) is 3.37. The van der Waals surface area contributed by atoms with Crippen LogP contribution in [0.5, 0.6) is 5.75 Å². The van der Waals surface area contributed by atoms with Crippen molar-refractivity contribution >= 4 is 11.8 Å². The minimum atomic E-state index is -0.0388. The Labute approximate surface area is 166 Å². The Morgan fingerprint density at radius 2 is 1.64 bits per heavy atom. The fourth-order valence-electron chi connectivity index (χ4n) is 3.37. The van der Waals surface area contributed by atoms with Gasteiger partial charge in [-0.25, -0.2) is 0 Å². The molecule has 1 saturated heterocycles. The van der Waals surface area contributed by atoms with Gasteiger partial charge < -0.3 is 14.5 Å². The molecule has 0 bridgehead atoms. The molecule has 1 aliphatic rings. The highest BCUT2D eigenvalue weighted by molar-refractivity contribution is 5.94. The first kappa shape index (κ1) is 19.9. The molecule has 0 unspecified atom stereocenters. The van der Waals surface area contributed by atoms with Gasteiger partial charge in [0.25, 0.3) is 11.8 Å². The molecule has 3 rings (SSSR count). The second-order valence-corrected chi connectivity index (χ2v) is 7.43. The van der Waals surface area contributed by atoms with Crippen LogP contribution in [0.1, 0.15) is 33.5 Å². The van der Waals surface area contributed by atoms with E-state index in [4.69, 9.17) is 4.74 Å². The molecule has 2 aromatic carbocycles. The van der Waals surface area contributed by atoms with Crippen molar-refractivity contribution in [2.24, 2.45) is 0 Å². The number of carbonyl (C=O) groups excluding carboxylic acids is 2. The van der Waals surface area contributed by atoms with Crippen LogP contribution in [-0.4, -0.2) is 54.4 Å². The lowest BCUT2D eigenvalue weighted by molar-refractivity contribution is -0.133. The lowest BCUT2D eigenvalue weighted by Gasteiger charge is -2.22. The van der Waals surface area contributed by atoms with E-state index >= 15 is 0 Å². The summed E-state index contributed by atoms with van der Waals surface area (Å²) in [5.74, 6) is 0.704. The molecule has 0 N–H and O–H groups in total. The minimum Gasteiger partial charge on any atom is -0.484 e. The number of aryl methyl sites for hydroxylation is 3. The summed E-state index contributed by atoms with van der Waals surface area (Å²) in [5.41, 5.74) is 4.12. The van der Waals surface area contributed by atoms with E-state index in [1.807, 2.05) is 68.1 Å². The normalized spacial score (nSPS) is 14.5. The number of hydrogen-bond acceptors (Lipinski definition) is 3. The number of amides is 2. The minimum absolute atomic E-state index is 0.0222. The van der Waals surface area contributed by atoms with Gasteiger partial charge in [0, 0.05) is 31.7 Å². The van der Waals surface area contributed by atoms with E-state index in [0.717, 1.165) is 17.5 Å². The summed E-state index contributed by atoms with van der Waals surface area (Å²) in [6.45, 7) is 8.46. The Bertz CT molecular complexity index is 863. The van der Waals surface area contributed by atoms with Gasteiger partial charge in [-0.1, -0.05) is 23.8 Å². The molecule has 0 saturated carbocycles. The van der Waals surface area contributed by atoms with Gasteiger partial charge in [-0.2, -0.15) is 0 Å². The standard InChI is InChI=1S/C23H28N2O3/c1-17-6-4-7-20(14-17)23(27)25-11-5-10-24(12-13-25)22(26)16-28-21-9-8-18(2)19(3)15-21/h4,6-9,14-15H,5,10-13,16H2,1-3H3. The van der Waals surface area contributed by atoms with E-state index in [-0.39, 0.29) is 18.4 Å². The van der Waals surface area contributed by atoms with E-state index in [0.29, 0.717) is 37.5 Å². The fourth-order valence-corrected chi connectivity index (χ4v) is 3.37. The predicted molar refractivity (Wildman–Crippen MR) is 110 cm³/mol. The third-order valence-corrected chi connectivity index (χ3v) is 5.24. The topological polar surface area (TPSA) is 49.9 Å². The second-order valence-electron chi connectivity index (χ2n) is 7.43. The number of benzene rings is 2. The Balaban J connectivity index is 1.54. The van der Waals surface area contributed by atoms with Gasteiger partial charge in [0.15, 0.2) is 6.61 Å². The number of carbonyl (C=O) groups is 2. The molecular weight excluding hydrogens is 352 g/mol. The average Bonchev–Trinajstić information content (AvgIpc) is 2.94. The number of rotatable bonds is 4. The van der Waals surface area contributed by atoms with E-state index in [9.17, 15) is 9.59 Å². The third kappa shape index (κ3) is 4.91. The largest absolute Gasteiger partial charge is 0.484 e. The highest BCUT2D eigenvalue weighted by atomic mass is 16.5. The monoisotopic (exact) mass is 380 g/mol. The van der Waals surface area contributed by atoms with Crippen molar-refractivity contribution in [1.82, 2.24) is 9.80 Å². The van der Waals surface area contributed by atoms with Crippen molar-refractivity contribution < 1.29 is 14.3 Å². The van der Waals surface area contributed by atoms with Crippen LogP contribution in [0.2, 0.25) is 0 Å². The highest BCUT2D eigenvalue weighted by Gasteiger charge is 2.23. The van der Waals surface area contributed by atoms with Crippen molar-refractivity contribution in [2.75, 3.05) is 32.8 Å². The summed E-state index contributed by atoms with van der Waals surface area (Å²) in [4.78, 5) is 28.9. The van der Waals surface area contributed by atoms with Crippen molar-refractivity contribution in [2.45, 2.75) is 27.2 Å². The smallest absolute Gasteiger partial charge is 0.260 e. The molecule has 2 amide bonds. The molecule has 0 spiro atoms. The zero-order valence-corrected chi connectivity index (χ0v) is 16.9. The van der Waals surface area contributed by atoms with E-state index < -0.39 is 0 Å². The zero-order chi connectivity index (χ0) is 20.1. The number of ether oxygens (including phenoxy) is 1. The molecule has 28 heavy (non-hydrogen) atoms. The Hall–Kier alpha value is -2.82. The van der Waals surface area contributed by atoms with Crippen molar-refractivity contribution in [3.63, 3.8) is 0 Å². The molecule has 5 nitrogen and oxygen atoms in total. The Kier molecular flexibility index (Phi) is 6.34. The fraction of sp³-hybridized carbons (Fsp3) is 0.391. The van der Waals surface area contributed by atoms with Gasteiger partial charge in [-0.05, 0) is 62.6 Å². The second kappa shape index (κ2) is 8.91. The van der Waals surface area contributed by atoms with Gasteiger partial charge in [0.2, 0.25) is 0 Å². The Morgan fingerprint density at radius 3 is 2.39 bits per heavy atom. The lowest BCUT2D eigenvalue weighted by Crippen LogP contribution is -2.39. The molecule has 1 aliphatic heterocycles. The van der Waals surface area contributed by atoms with E-state index in [2.05, 4.69) is 0 Å². The van der Waals surface area contributed by atoms with Crippen LogP contribution in [0.4, 0.5) is 0 Å². The van der Waals surface area contributed by atoms with Crippen LogP contribution < -0.4 is 4.74 Å². The molecule has 0 atom stereocenters. The zero-order valence-electron chi connectivity index (χ0n) is 16.9. The number of hydrogen-bond donors (Lipinski definition) is 0. The van der Waals surface area contributed by atoms with Crippen molar-refractivity contribution in [1.29, 1.82) is 0 Å². The van der Waals surface area contributed by atoms with Crippen LogP contribution in [-0.2, 0) is 4.79 Å². The van der Waals surface area contributed by atoms with Crippen LogP contribution in [0, 0.1) is 20.8 Å². The summed E-state index contributed by atoms with van der Waals surface area (Å²) in [7, 11) is 0. The quantitative estimate of drug-likeness (QED) is 0.817. The van der Waals surface area contributed by atoms with Crippen molar-refractivity contribution in [3.8, 4) is 5.75 Å². The van der Waals surface area contributed by atoms with Crippen LogP contribution in [0.25, 0.3) is 0 Å². The summed E-state index contributed by atoms with van der Waals surface area (Å²) in [6.07, 6.45) is 0.771. The van der Waals surface area contributed by atoms with Crippen LogP contribution in [0.3, 0.4) is 0 Å². The summed E-state index contributed by atoms with van der Waals surface area (Å²) < 4.78 is 5.68. The molecule has 0 radical (unpaired) electrons. The van der Waals surface area contributed by atoms with Gasteiger partial charge in [0.05, 0.1) is 0 Å². The molecule has 1 heterocycles. The highest BCUT2D eigenvalue weighted by Crippen LogP contribution is 2.17. The number of nitrogens with zero attached hydrogens (tertiary/aromatic N) is 2. The van der Waals surface area contributed by atoms with Crippen LogP contribution in [0.15, 0.2) is 42.5 Å². The maximum absolute atomic E-state index is 12.7. The molecule has 148 valence electrons. The summed E-state index contributed by atoms with van der Waals surface area (Å²) >= 11 is 0. The third-order valence-electron chi connectivity index (χ3n) is 5.24. The first-order valence-corrected chi connectivity index (χ1v) is 9.78. The average molecular weight is 380 g/mol. The first-order valence-electron chi connectivity index (χ1n) is 9.78. The van der Waals surface area contributed by atoms with Crippen LogP contribution >= 0.6 is 0 Å². The molecular formula is C23H28N2O3. The first-order chi connectivity index (χ1) is 13.4. The van der Waals surface area contributed by atoms with Gasteiger partial charge in [0.1, 0.15) is 5.75 Å². The van der Waals surface area contributed by atoms with E-state index in [1.165, 1.54) is 5.56 Å². The molecule has 5 heteroatoms. The molecule has 1 fully saturated rings. The Morgan fingerprint density at radius 1 is 0.893 bits per heavy atom. The van der Waals surface area contributed by atoms with Crippen molar-refractivity contribution in [3.05, 3.63) is 64.7 Å². The van der Waals surface area contributed by atoms with Gasteiger partial charge >= 0.3 is 0 Å².